The summed E-state index contributed by atoms with van der Waals surface area (Å²) in [6.45, 7) is 0. The zero-order valence-electron chi connectivity index (χ0n) is 7.05. The zero-order chi connectivity index (χ0) is 9.54. The second-order valence-corrected chi connectivity index (χ2v) is 3.39. The molecule has 68 valence electrons. The lowest BCUT2D eigenvalue weighted by Gasteiger charge is -1.99. The predicted molar refractivity (Wildman–Crippen MR) is 53.3 cm³/mol. The number of halogens is 1. The SMILES string of the molecule is Clc1ccc2ncc3nncn3c2c1. The fourth-order valence-corrected chi connectivity index (χ4v) is 1.61. The van der Waals surface area contributed by atoms with Crippen LogP contribution in [-0.4, -0.2) is 19.6 Å². The van der Waals surface area contributed by atoms with Crippen LogP contribution in [0.1, 0.15) is 0 Å². The fourth-order valence-electron chi connectivity index (χ4n) is 1.44. The normalized spacial score (nSPS) is 11.2. The molecular weight excluding hydrogens is 200 g/mol. The quantitative estimate of drug-likeness (QED) is 0.562. The topological polar surface area (TPSA) is 43.1 Å². The summed E-state index contributed by atoms with van der Waals surface area (Å²) in [6, 6.07) is 5.53. The molecule has 0 aliphatic carbocycles. The highest BCUT2D eigenvalue weighted by molar-refractivity contribution is 6.31. The molecule has 0 N–H and O–H groups in total. The molecule has 2 heterocycles. The van der Waals surface area contributed by atoms with Crippen molar-refractivity contribution in [2.45, 2.75) is 0 Å². The van der Waals surface area contributed by atoms with Gasteiger partial charge in [0, 0.05) is 5.02 Å². The molecule has 0 unspecified atom stereocenters. The monoisotopic (exact) mass is 204 g/mol. The van der Waals surface area contributed by atoms with Crippen LogP contribution in [0.2, 0.25) is 5.02 Å². The molecule has 14 heavy (non-hydrogen) atoms. The second-order valence-electron chi connectivity index (χ2n) is 2.95. The number of nitrogens with zero attached hydrogens (tertiary/aromatic N) is 4. The number of hydrogen-bond acceptors (Lipinski definition) is 3. The Hall–Kier alpha value is -1.68. The van der Waals surface area contributed by atoms with Crippen LogP contribution in [0.3, 0.4) is 0 Å². The molecule has 0 amide bonds. The molecule has 1 aromatic carbocycles. The van der Waals surface area contributed by atoms with Gasteiger partial charge in [0.05, 0.1) is 17.2 Å². The van der Waals surface area contributed by atoms with E-state index in [1.807, 2.05) is 22.6 Å². The Labute approximate surface area is 84.2 Å². The van der Waals surface area contributed by atoms with Crippen molar-refractivity contribution in [1.29, 1.82) is 0 Å². The Kier molecular flexibility index (Phi) is 1.46. The van der Waals surface area contributed by atoms with Crippen LogP contribution in [0.4, 0.5) is 0 Å². The van der Waals surface area contributed by atoms with Gasteiger partial charge in [-0.3, -0.25) is 9.38 Å². The van der Waals surface area contributed by atoms with Crippen LogP contribution < -0.4 is 0 Å². The molecule has 0 aliphatic rings. The van der Waals surface area contributed by atoms with Gasteiger partial charge in [-0.2, -0.15) is 0 Å². The van der Waals surface area contributed by atoms with Gasteiger partial charge in [-0.25, -0.2) is 0 Å². The van der Waals surface area contributed by atoms with E-state index in [0.717, 1.165) is 16.7 Å². The van der Waals surface area contributed by atoms with Crippen molar-refractivity contribution in [3.8, 4) is 0 Å². The average Bonchev–Trinajstić information content (AvgIpc) is 2.65. The summed E-state index contributed by atoms with van der Waals surface area (Å²) in [5.74, 6) is 0. The molecule has 3 aromatic rings. The third-order valence-electron chi connectivity index (χ3n) is 2.09. The highest BCUT2D eigenvalue weighted by atomic mass is 35.5. The van der Waals surface area contributed by atoms with Gasteiger partial charge in [-0.05, 0) is 18.2 Å². The van der Waals surface area contributed by atoms with Crippen LogP contribution in [0, 0.1) is 0 Å². The molecular formula is C9H5ClN4. The Bertz CT molecular complexity index is 616. The molecule has 0 saturated carbocycles. The fraction of sp³-hybridized carbons (Fsp3) is 0. The molecule has 5 heteroatoms. The van der Waals surface area contributed by atoms with Gasteiger partial charge >= 0.3 is 0 Å². The Balaban J connectivity index is 2.60. The summed E-state index contributed by atoms with van der Waals surface area (Å²) in [5.41, 5.74) is 2.52. The third-order valence-corrected chi connectivity index (χ3v) is 2.33. The van der Waals surface area contributed by atoms with E-state index >= 15 is 0 Å². The van der Waals surface area contributed by atoms with Crippen molar-refractivity contribution >= 4 is 28.3 Å². The van der Waals surface area contributed by atoms with E-state index in [2.05, 4.69) is 15.2 Å². The summed E-state index contributed by atoms with van der Waals surface area (Å²) < 4.78 is 1.86. The average molecular weight is 205 g/mol. The molecule has 0 saturated heterocycles. The molecule has 0 atom stereocenters. The minimum absolute atomic E-state index is 0.681. The van der Waals surface area contributed by atoms with Crippen LogP contribution in [-0.2, 0) is 0 Å². The van der Waals surface area contributed by atoms with Gasteiger partial charge in [0.2, 0.25) is 0 Å². The van der Waals surface area contributed by atoms with Gasteiger partial charge < -0.3 is 0 Å². The number of benzene rings is 1. The smallest absolute Gasteiger partial charge is 0.179 e. The molecule has 2 aromatic heterocycles. The first-order chi connectivity index (χ1) is 6.84. The summed E-state index contributed by atoms with van der Waals surface area (Å²) in [5, 5.41) is 8.40. The van der Waals surface area contributed by atoms with E-state index in [0.29, 0.717) is 5.02 Å². The third kappa shape index (κ3) is 0.975. The van der Waals surface area contributed by atoms with Crippen LogP contribution >= 0.6 is 11.6 Å². The summed E-state index contributed by atoms with van der Waals surface area (Å²) in [4.78, 5) is 4.24. The summed E-state index contributed by atoms with van der Waals surface area (Å²) >= 11 is 5.90. The van der Waals surface area contributed by atoms with Crippen molar-refractivity contribution in [3.05, 3.63) is 35.7 Å². The molecule has 0 fully saturated rings. The Morgan fingerprint density at radius 2 is 2.21 bits per heavy atom. The maximum Gasteiger partial charge on any atom is 0.179 e. The number of aromatic nitrogens is 4. The van der Waals surface area contributed by atoms with E-state index < -0.39 is 0 Å². The van der Waals surface area contributed by atoms with E-state index in [4.69, 9.17) is 11.6 Å². The molecule has 0 spiro atoms. The van der Waals surface area contributed by atoms with Gasteiger partial charge in [0.25, 0.3) is 0 Å². The Morgan fingerprint density at radius 1 is 1.29 bits per heavy atom. The van der Waals surface area contributed by atoms with Crippen molar-refractivity contribution in [3.63, 3.8) is 0 Å². The molecule has 0 aliphatic heterocycles. The summed E-state index contributed by atoms with van der Waals surface area (Å²) in [7, 11) is 0. The molecule has 4 nitrogen and oxygen atoms in total. The van der Waals surface area contributed by atoms with Gasteiger partial charge in [-0.15, -0.1) is 10.2 Å². The van der Waals surface area contributed by atoms with Crippen LogP contribution in [0.15, 0.2) is 30.7 Å². The van der Waals surface area contributed by atoms with E-state index in [-0.39, 0.29) is 0 Å². The number of hydrogen-bond donors (Lipinski definition) is 0. The van der Waals surface area contributed by atoms with Crippen LogP contribution in [0.25, 0.3) is 16.7 Å². The zero-order valence-corrected chi connectivity index (χ0v) is 7.81. The van der Waals surface area contributed by atoms with Crippen molar-refractivity contribution in [2.24, 2.45) is 0 Å². The van der Waals surface area contributed by atoms with Crippen molar-refractivity contribution in [2.75, 3.05) is 0 Å². The largest absolute Gasteiger partial charge is 0.279 e. The second kappa shape index (κ2) is 2.65. The summed E-state index contributed by atoms with van der Waals surface area (Å²) in [6.07, 6.45) is 3.33. The lowest BCUT2D eigenvalue weighted by Crippen LogP contribution is -1.89. The van der Waals surface area contributed by atoms with E-state index in [1.54, 1.807) is 12.5 Å². The van der Waals surface area contributed by atoms with Gasteiger partial charge in [0.15, 0.2) is 5.65 Å². The van der Waals surface area contributed by atoms with Gasteiger partial charge in [-0.1, -0.05) is 11.6 Å². The van der Waals surface area contributed by atoms with Crippen molar-refractivity contribution in [1.82, 2.24) is 19.6 Å². The number of fused-ring (bicyclic) bond motifs is 3. The first-order valence-corrected chi connectivity index (χ1v) is 4.46. The predicted octanol–water partition coefficient (Wildman–Crippen LogP) is 1.93. The molecule has 3 rings (SSSR count). The van der Waals surface area contributed by atoms with Gasteiger partial charge in [0.1, 0.15) is 6.33 Å². The van der Waals surface area contributed by atoms with Crippen LogP contribution in [0.5, 0.6) is 0 Å². The van der Waals surface area contributed by atoms with Crippen molar-refractivity contribution < 1.29 is 0 Å². The minimum atomic E-state index is 0.681. The lowest BCUT2D eigenvalue weighted by atomic mass is 10.3. The first-order valence-electron chi connectivity index (χ1n) is 4.08. The highest BCUT2D eigenvalue weighted by Crippen LogP contribution is 2.17. The molecule has 0 radical (unpaired) electrons. The lowest BCUT2D eigenvalue weighted by molar-refractivity contribution is 1.11. The maximum absolute atomic E-state index is 5.90. The maximum atomic E-state index is 5.90. The number of rotatable bonds is 0. The van der Waals surface area contributed by atoms with E-state index in [9.17, 15) is 0 Å². The molecule has 0 bridgehead atoms. The Morgan fingerprint density at radius 3 is 3.14 bits per heavy atom. The van der Waals surface area contributed by atoms with E-state index in [1.165, 1.54) is 0 Å². The first kappa shape index (κ1) is 7.70. The highest BCUT2D eigenvalue weighted by Gasteiger charge is 2.02. The minimum Gasteiger partial charge on any atom is -0.279 e. The standard InChI is InChI=1S/C9H5ClN4/c10-6-1-2-7-8(3-6)14-5-12-13-9(14)4-11-7/h1-5H.